The van der Waals surface area contributed by atoms with Crippen molar-refractivity contribution >= 4 is 23.7 Å². The molecule has 3 rings (SSSR count). The molecule has 0 aliphatic heterocycles. The minimum Gasteiger partial charge on any atom is -0.493 e. The average Bonchev–Trinajstić information content (AvgIpc) is 2.84. The Morgan fingerprint density at radius 3 is 2.36 bits per heavy atom. The van der Waals surface area contributed by atoms with Gasteiger partial charge in [-0.1, -0.05) is 29.8 Å². The fraction of sp³-hybridized carbons (Fsp3) is 0.160. The van der Waals surface area contributed by atoms with Gasteiger partial charge in [0, 0.05) is 16.8 Å². The Bertz CT molecular complexity index is 1140. The second-order valence-corrected chi connectivity index (χ2v) is 7.01. The number of rotatable bonds is 9. The number of hydrazone groups is 1. The largest absolute Gasteiger partial charge is 0.493 e. The molecule has 3 aromatic carbocycles. The highest BCUT2D eigenvalue weighted by molar-refractivity contribution is 5.96. The summed E-state index contributed by atoms with van der Waals surface area (Å²) in [6.07, 6.45) is 1.45. The average molecular weight is 447 g/mol. The van der Waals surface area contributed by atoms with Crippen LogP contribution in [0.25, 0.3) is 0 Å². The minimum atomic E-state index is -0.414. The lowest BCUT2D eigenvalue weighted by atomic mass is 10.2. The van der Waals surface area contributed by atoms with E-state index < -0.39 is 5.91 Å². The first kappa shape index (κ1) is 23.3. The van der Waals surface area contributed by atoms with Gasteiger partial charge in [-0.3, -0.25) is 9.59 Å². The SMILES string of the molecule is COc1ccc(C(=O)N/N=C/c2ccccc2OCC(=O)Nc2ccc(C)cc2)cc1OC. The molecule has 0 aliphatic rings. The molecule has 0 aromatic heterocycles. The van der Waals surface area contributed by atoms with Crippen LogP contribution in [0.2, 0.25) is 0 Å². The first-order chi connectivity index (χ1) is 16.0. The zero-order valence-corrected chi connectivity index (χ0v) is 18.6. The van der Waals surface area contributed by atoms with Gasteiger partial charge in [0.05, 0.1) is 20.4 Å². The molecule has 170 valence electrons. The third kappa shape index (κ3) is 6.57. The maximum absolute atomic E-state index is 12.4. The Balaban J connectivity index is 1.59. The molecule has 3 aromatic rings. The molecule has 0 radical (unpaired) electrons. The number of carbonyl (C=O) groups excluding carboxylic acids is 2. The summed E-state index contributed by atoms with van der Waals surface area (Å²) in [7, 11) is 3.02. The summed E-state index contributed by atoms with van der Waals surface area (Å²) in [5.41, 5.74) is 5.24. The van der Waals surface area contributed by atoms with Crippen molar-refractivity contribution in [3.8, 4) is 17.2 Å². The monoisotopic (exact) mass is 447 g/mol. The van der Waals surface area contributed by atoms with E-state index in [4.69, 9.17) is 14.2 Å². The molecule has 2 N–H and O–H groups in total. The van der Waals surface area contributed by atoms with Crippen molar-refractivity contribution in [2.45, 2.75) is 6.92 Å². The number of amides is 2. The number of anilines is 1. The molecule has 0 saturated carbocycles. The molecule has 33 heavy (non-hydrogen) atoms. The van der Waals surface area contributed by atoms with Crippen LogP contribution in [-0.2, 0) is 4.79 Å². The molecule has 0 spiro atoms. The molecule has 0 unspecified atom stereocenters. The maximum atomic E-state index is 12.4. The third-order valence-corrected chi connectivity index (χ3v) is 4.63. The highest BCUT2D eigenvalue weighted by atomic mass is 16.5. The normalized spacial score (nSPS) is 10.5. The molecule has 0 atom stereocenters. The molecule has 2 amide bonds. The summed E-state index contributed by atoms with van der Waals surface area (Å²) in [6.45, 7) is 1.81. The number of para-hydroxylation sites is 1. The van der Waals surface area contributed by atoms with Crippen molar-refractivity contribution in [1.29, 1.82) is 0 Å². The highest BCUT2D eigenvalue weighted by Gasteiger charge is 2.10. The lowest BCUT2D eigenvalue weighted by Crippen LogP contribution is -2.20. The molecular formula is C25H25N3O5. The molecule has 0 heterocycles. The number of benzene rings is 3. The zero-order chi connectivity index (χ0) is 23.6. The fourth-order valence-electron chi connectivity index (χ4n) is 2.90. The van der Waals surface area contributed by atoms with E-state index in [9.17, 15) is 9.59 Å². The Morgan fingerprint density at radius 2 is 1.64 bits per heavy atom. The van der Waals surface area contributed by atoms with Crippen molar-refractivity contribution in [2.75, 3.05) is 26.1 Å². The van der Waals surface area contributed by atoms with Crippen molar-refractivity contribution in [3.05, 3.63) is 83.4 Å². The Kier molecular flexibility index (Phi) is 8.02. The first-order valence-electron chi connectivity index (χ1n) is 10.1. The molecule has 0 aliphatic carbocycles. The molecular weight excluding hydrogens is 422 g/mol. The van der Waals surface area contributed by atoms with Gasteiger partial charge in [-0.05, 0) is 49.4 Å². The van der Waals surface area contributed by atoms with Crippen LogP contribution in [0, 0.1) is 6.92 Å². The predicted octanol–water partition coefficient (Wildman–Crippen LogP) is 3.79. The first-order valence-corrected chi connectivity index (χ1v) is 10.1. The quantitative estimate of drug-likeness (QED) is 0.384. The molecule has 0 saturated heterocycles. The van der Waals surface area contributed by atoms with E-state index in [1.54, 1.807) is 42.5 Å². The van der Waals surface area contributed by atoms with E-state index in [0.29, 0.717) is 34.1 Å². The Labute approximate surface area is 192 Å². The second-order valence-electron chi connectivity index (χ2n) is 7.01. The summed E-state index contributed by atoms with van der Waals surface area (Å²) in [4.78, 5) is 24.6. The van der Waals surface area contributed by atoms with Gasteiger partial charge in [0.1, 0.15) is 5.75 Å². The topological polar surface area (TPSA) is 98.3 Å². The van der Waals surface area contributed by atoms with E-state index >= 15 is 0 Å². The standard InChI is InChI=1S/C25H25N3O5/c1-17-8-11-20(12-9-17)27-24(29)16-33-21-7-5-4-6-19(21)15-26-28-25(30)18-10-13-22(31-2)23(14-18)32-3/h4-15H,16H2,1-3H3,(H,27,29)(H,28,30)/b26-15+. The van der Waals surface area contributed by atoms with Gasteiger partial charge < -0.3 is 19.5 Å². The van der Waals surface area contributed by atoms with Gasteiger partial charge in [-0.25, -0.2) is 5.43 Å². The maximum Gasteiger partial charge on any atom is 0.271 e. The van der Waals surface area contributed by atoms with Gasteiger partial charge in [0.15, 0.2) is 18.1 Å². The zero-order valence-electron chi connectivity index (χ0n) is 18.6. The smallest absolute Gasteiger partial charge is 0.271 e. The lowest BCUT2D eigenvalue weighted by Gasteiger charge is -2.10. The molecule has 0 bridgehead atoms. The fourth-order valence-corrected chi connectivity index (χ4v) is 2.90. The number of hydrogen-bond acceptors (Lipinski definition) is 6. The van der Waals surface area contributed by atoms with Crippen LogP contribution < -0.4 is 25.0 Å². The number of ether oxygens (including phenoxy) is 3. The number of nitrogens with one attached hydrogen (secondary N) is 2. The van der Waals surface area contributed by atoms with Crippen LogP contribution in [0.5, 0.6) is 17.2 Å². The number of carbonyl (C=O) groups is 2. The summed E-state index contributed by atoms with van der Waals surface area (Å²) < 4.78 is 16.0. The Morgan fingerprint density at radius 1 is 0.909 bits per heavy atom. The van der Waals surface area contributed by atoms with Crippen LogP contribution in [0.4, 0.5) is 5.69 Å². The summed E-state index contributed by atoms with van der Waals surface area (Å²) in [5.74, 6) is 0.725. The van der Waals surface area contributed by atoms with E-state index in [1.165, 1.54) is 20.4 Å². The predicted molar refractivity (Wildman–Crippen MR) is 126 cm³/mol. The number of methoxy groups -OCH3 is 2. The van der Waals surface area contributed by atoms with Gasteiger partial charge in [-0.15, -0.1) is 0 Å². The number of aryl methyl sites for hydroxylation is 1. The van der Waals surface area contributed by atoms with E-state index in [1.807, 2.05) is 31.2 Å². The van der Waals surface area contributed by atoms with Crippen LogP contribution in [0.3, 0.4) is 0 Å². The Hall–Kier alpha value is -4.33. The van der Waals surface area contributed by atoms with E-state index in [0.717, 1.165) is 5.56 Å². The van der Waals surface area contributed by atoms with Crippen molar-refractivity contribution < 1.29 is 23.8 Å². The highest BCUT2D eigenvalue weighted by Crippen LogP contribution is 2.27. The van der Waals surface area contributed by atoms with Crippen LogP contribution in [-0.4, -0.2) is 38.9 Å². The summed E-state index contributed by atoms with van der Waals surface area (Å²) >= 11 is 0. The second kappa shape index (κ2) is 11.3. The van der Waals surface area contributed by atoms with Gasteiger partial charge in [-0.2, -0.15) is 5.10 Å². The van der Waals surface area contributed by atoms with Crippen LogP contribution in [0.1, 0.15) is 21.5 Å². The number of hydrogen-bond donors (Lipinski definition) is 2. The van der Waals surface area contributed by atoms with Crippen LogP contribution in [0.15, 0.2) is 71.8 Å². The van der Waals surface area contributed by atoms with Crippen molar-refractivity contribution in [2.24, 2.45) is 5.10 Å². The summed E-state index contributed by atoms with van der Waals surface area (Å²) in [5, 5.41) is 6.78. The minimum absolute atomic E-state index is 0.170. The van der Waals surface area contributed by atoms with Gasteiger partial charge in [0.25, 0.3) is 11.8 Å². The number of nitrogens with zero attached hydrogens (tertiary/aromatic N) is 1. The van der Waals surface area contributed by atoms with Gasteiger partial charge in [0.2, 0.25) is 0 Å². The third-order valence-electron chi connectivity index (χ3n) is 4.63. The molecule has 8 heteroatoms. The van der Waals surface area contributed by atoms with E-state index in [-0.39, 0.29) is 12.5 Å². The molecule has 0 fully saturated rings. The van der Waals surface area contributed by atoms with Crippen molar-refractivity contribution in [1.82, 2.24) is 5.43 Å². The summed E-state index contributed by atoms with van der Waals surface area (Å²) in [6, 6.07) is 19.4. The van der Waals surface area contributed by atoms with E-state index in [2.05, 4.69) is 15.8 Å². The van der Waals surface area contributed by atoms with Crippen molar-refractivity contribution in [3.63, 3.8) is 0 Å². The van der Waals surface area contributed by atoms with Gasteiger partial charge >= 0.3 is 0 Å². The molecule has 8 nitrogen and oxygen atoms in total. The lowest BCUT2D eigenvalue weighted by molar-refractivity contribution is -0.118. The van der Waals surface area contributed by atoms with Crippen LogP contribution >= 0.6 is 0 Å².